The maximum atomic E-state index is 12.6. The number of anilines is 2. The van der Waals surface area contributed by atoms with Crippen LogP contribution < -0.4 is 10.6 Å². The van der Waals surface area contributed by atoms with E-state index in [9.17, 15) is 9.59 Å². The maximum Gasteiger partial charge on any atom is 0.257 e. The van der Waals surface area contributed by atoms with Gasteiger partial charge in [-0.05, 0) is 62.3 Å². The van der Waals surface area contributed by atoms with Crippen LogP contribution in [0, 0.1) is 12.8 Å². The summed E-state index contributed by atoms with van der Waals surface area (Å²) in [4.78, 5) is 29.4. The lowest BCUT2D eigenvalue weighted by Crippen LogP contribution is -2.17. The normalized spacial score (nSPS) is 16.8. The number of nitrogens with zero attached hydrogens (tertiary/aromatic N) is 1. The molecule has 2 fully saturated rings. The fourth-order valence-electron chi connectivity index (χ4n) is 3.72. The number of aryl methyl sites for hydroxylation is 1. The molecule has 1 aromatic heterocycles. The molecule has 2 aliphatic rings. The largest absolute Gasteiger partial charge is 0.367 e. The van der Waals surface area contributed by atoms with Crippen molar-refractivity contribution in [1.29, 1.82) is 0 Å². The molecule has 2 N–H and O–H groups in total. The average Bonchev–Trinajstić information content (AvgIpc) is 3.36. The molecule has 0 bridgehead atoms. The molecule has 4 rings (SSSR count). The predicted octanol–water partition coefficient (Wildman–Crippen LogP) is 4.98. The summed E-state index contributed by atoms with van der Waals surface area (Å²) >= 11 is 0. The van der Waals surface area contributed by atoms with Gasteiger partial charge in [-0.3, -0.25) is 9.59 Å². The zero-order valence-corrected chi connectivity index (χ0v) is 16.3. The van der Waals surface area contributed by atoms with E-state index in [-0.39, 0.29) is 11.7 Å². The van der Waals surface area contributed by atoms with Crippen LogP contribution in [-0.2, 0) is 0 Å². The maximum absolute atomic E-state index is 12.6. The highest BCUT2D eigenvalue weighted by Gasteiger charge is 2.25. The van der Waals surface area contributed by atoms with E-state index in [1.165, 1.54) is 25.7 Å². The first-order chi connectivity index (χ1) is 13.6. The fraction of sp³-hybridized carbons (Fsp3) is 0.435. The number of aromatic nitrogens is 1. The first kappa shape index (κ1) is 18.7. The summed E-state index contributed by atoms with van der Waals surface area (Å²) in [7, 11) is 0. The van der Waals surface area contributed by atoms with Crippen molar-refractivity contribution < 1.29 is 9.59 Å². The molecule has 1 heterocycles. The van der Waals surface area contributed by atoms with Crippen LogP contribution in [0.3, 0.4) is 0 Å². The summed E-state index contributed by atoms with van der Waals surface area (Å²) in [5, 5.41) is 6.36. The second-order valence-electron chi connectivity index (χ2n) is 8.11. The Labute approximate surface area is 165 Å². The highest BCUT2D eigenvalue weighted by atomic mass is 16.1. The number of hydrogen-bond acceptors (Lipinski definition) is 4. The molecule has 1 amide bonds. The fourth-order valence-corrected chi connectivity index (χ4v) is 3.72. The summed E-state index contributed by atoms with van der Waals surface area (Å²) in [5.41, 5.74) is 2.79. The molecule has 2 aliphatic carbocycles. The second-order valence-corrected chi connectivity index (χ2v) is 8.11. The molecular formula is C23H27N3O2. The number of carbonyl (C=O) groups excluding carboxylic acids is 2. The van der Waals surface area contributed by atoms with Gasteiger partial charge in [0.15, 0.2) is 5.78 Å². The molecule has 28 heavy (non-hydrogen) atoms. The molecule has 2 aromatic rings. The van der Waals surface area contributed by atoms with E-state index in [0.717, 1.165) is 24.2 Å². The molecule has 0 spiro atoms. The molecular weight excluding hydrogens is 350 g/mol. The van der Waals surface area contributed by atoms with Crippen LogP contribution >= 0.6 is 0 Å². The molecule has 5 heteroatoms. The van der Waals surface area contributed by atoms with Crippen molar-refractivity contribution >= 4 is 23.2 Å². The lowest BCUT2D eigenvalue weighted by molar-refractivity contribution is 0.0974. The van der Waals surface area contributed by atoms with E-state index in [1.54, 1.807) is 18.3 Å². The van der Waals surface area contributed by atoms with Gasteiger partial charge in [-0.2, -0.15) is 0 Å². The van der Waals surface area contributed by atoms with Gasteiger partial charge >= 0.3 is 0 Å². The van der Waals surface area contributed by atoms with Gasteiger partial charge in [-0.15, -0.1) is 0 Å². The highest BCUT2D eigenvalue weighted by Crippen LogP contribution is 2.34. The van der Waals surface area contributed by atoms with Gasteiger partial charge in [-0.1, -0.05) is 25.0 Å². The summed E-state index contributed by atoms with van der Waals surface area (Å²) in [6.07, 6.45) is 9.40. The Kier molecular flexibility index (Phi) is 5.42. The van der Waals surface area contributed by atoms with E-state index in [1.807, 2.05) is 25.1 Å². The Bertz CT molecular complexity index is 866. The van der Waals surface area contributed by atoms with Crippen LogP contribution in [0.5, 0.6) is 0 Å². The van der Waals surface area contributed by atoms with Crippen molar-refractivity contribution in [2.24, 2.45) is 5.92 Å². The Hall–Kier alpha value is -2.69. The van der Waals surface area contributed by atoms with Gasteiger partial charge in [0, 0.05) is 29.9 Å². The van der Waals surface area contributed by atoms with E-state index in [4.69, 9.17) is 0 Å². The summed E-state index contributed by atoms with van der Waals surface area (Å²) in [6.45, 7) is 1.93. The molecule has 1 aromatic carbocycles. The monoisotopic (exact) mass is 377 g/mol. The van der Waals surface area contributed by atoms with Crippen LogP contribution in [0.25, 0.3) is 0 Å². The number of hydrogen-bond donors (Lipinski definition) is 2. The number of benzene rings is 1. The molecule has 0 aliphatic heterocycles. The van der Waals surface area contributed by atoms with Crippen LogP contribution in [-0.4, -0.2) is 22.7 Å². The number of amides is 1. The Balaban J connectivity index is 1.41. The lowest BCUT2D eigenvalue weighted by Gasteiger charge is -2.13. The smallest absolute Gasteiger partial charge is 0.257 e. The van der Waals surface area contributed by atoms with Crippen molar-refractivity contribution in [3.05, 3.63) is 53.2 Å². The zero-order chi connectivity index (χ0) is 19.5. The third kappa shape index (κ3) is 4.58. The zero-order valence-electron chi connectivity index (χ0n) is 16.3. The first-order valence-corrected chi connectivity index (χ1v) is 10.3. The minimum absolute atomic E-state index is 0.155. The SMILES string of the molecule is Cc1ccc(C(=O)CC2CC2)cc1NC(=O)c1ccc(NC2CCCC2)nc1. The summed E-state index contributed by atoms with van der Waals surface area (Å²) in [5.74, 6) is 1.30. The second kappa shape index (κ2) is 8.13. The van der Waals surface area contributed by atoms with E-state index in [2.05, 4.69) is 15.6 Å². The van der Waals surface area contributed by atoms with Crippen molar-refractivity contribution in [2.45, 2.75) is 57.9 Å². The van der Waals surface area contributed by atoms with E-state index >= 15 is 0 Å². The number of ketones is 1. The summed E-state index contributed by atoms with van der Waals surface area (Å²) in [6, 6.07) is 9.67. The molecule has 5 nitrogen and oxygen atoms in total. The molecule has 0 saturated heterocycles. The number of nitrogens with one attached hydrogen (secondary N) is 2. The number of pyridine rings is 1. The van der Waals surface area contributed by atoms with Gasteiger partial charge in [0.05, 0.1) is 5.56 Å². The Morgan fingerprint density at radius 1 is 1.04 bits per heavy atom. The van der Waals surface area contributed by atoms with Crippen molar-refractivity contribution in [1.82, 2.24) is 4.98 Å². The molecule has 146 valence electrons. The Morgan fingerprint density at radius 2 is 1.79 bits per heavy atom. The van der Waals surface area contributed by atoms with Crippen LogP contribution in [0.4, 0.5) is 11.5 Å². The van der Waals surface area contributed by atoms with Crippen LogP contribution in [0.15, 0.2) is 36.5 Å². The number of rotatable bonds is 7. The summed E-state index contributed by atoms with van der Waals surface area (Å²) < 4.78 is 0. The molecule has 2 saturated carbocycles. The minimum atomic E-state index is -0.213. The predicted molar refractivity (Wildman–Crippen MR) is 111 cm³/mol. The quantitative estimate of drug-likeness (QED) is 0.668. The number of carbonyl (C=O) groups is 2. The Morgan fingerprint density at radius 3 is 2.46 bits per heavy atom. The first-order valence-electron chi connectivity index (χ1n) is 10.3. The number of Topliss-reactive ketones (excluding diaryl/α,β-unsaturated/α-hetero) is 1. The third-order valence-corrected chi connectivity index (χ3v) is 5.71. The van der Waals surface area contributed by atoms with Crippen molar-refractivity contribution in [3.8, 4) is 0 Å². The van der Waals surface area contributed by atoms with E-state index in [0.29, 0.717) is 35.2 Å². The third-order valence-electron chi connectivity index (χ3n) is 5.71. The van der Waals surface area contributed by atoms with Crippen molar-refractivity contribution in [3.63, 3.8) is 0 Å². The average molecular weight is 377 g/mol. The van der Waals surface area contributed by atoms with Gasteiger partial charge in [-0.25, -0.2) is 4.98 Å². The van der Waals surface area contributed by atoms with Crippen molar-refractivity contribution in [2.75, 3.05) is 10.6 Å². The topological polar surface area (TPSA) is 71.1 Å². The molecule has 0 atom stereocenters. The van der Waals surface area contributed by atoms with Gasteiger partial charge in [0.25, 0.3) is 5.91 Å². The lowest BCUT2D eigenvalue weighted by atomic mass is 10.0. The standard InChI is InChI=1S/C23H27N3O2/c1-15-6-9-17(21(27)12-16-7-8-16)13-20(15)26-23(28)18-10-11-22(24-14-18)25-19-4-2-3-5-19/h6,9-11,13-14,16,19H,2-5,7-8,12H2,1H3,(H,24,25)(H,26,28). The van der Waals surface area contributed by atoms with Gasteiger partial charge < -0.3 is 10.6 Å². The molecule has 0 radical (unpaired) electrons. The van der Waals surface area contributed by atoms with Crippen LogP contribution in [0.1, 0.15) is 71.2 Å². The van der Waals surface area contributed by atoms with Crippen LogP contribution in [0.2, 0.25) is 0 Å². The highest BCUT2D eigenvalue weighted by molar-refractivity contribution is 6.05. The van der Waals surface area contributed by atoms with Gasteiger partial charge in [0.2, 0.25) is 0 Å². The van der Waals surface area contributed by atoms with E-state index < -0.39 is 0 Å². The minimum Gasteiger partial charge on any atom is -0.367 e. The molecule has 0 unspecified atom stereocenters. The van der Waals surface area contributed by atoms with Gasteiger partial charge in [0.1, 0.15) is 5.82 Å².